The molecule has 0 radical (unpaired) electrons. The van der Waals surface area contributed by atoms with Crippen LogP contribution in [0.3, 0.4) is 0 Å². The standard InChI is InChI=1S/C34H42N2O8/c1-20-14-22(15-21(2)32(20)42)16-23(27-8-5-6-12-35-27)10-11-28(39)30-24(18-37)17-25-31(26(30)19-38)34(44)36(33(25)43)13-7-3-4-9-29(40)41/h5-6,8,12,14-16,25-26,28,31,37-39,42H,3-4,7,9-11,13,17-19H2,1-2H3,(H,40,41)/b23-16-/t25-,26+,28-,31-/m1/s1. The number of aliphatic hydroxyl groups is 3. The van der Waals surface area contributed by atoms with Gasteiger partial charge in [-0.15, -0.1) is 0 Å². The van der Waals surface area contributed by atoms with Gasteiger partial charge in [-0.1, -0.05) is 12.5 Å². The maximum atomic E-state index is 13.5. The number of nitrogens with zero attached hydrogens (tertiary/aromatic N) is 2. The van der Waals surface area contributed by atoms with Crippen LogP contribution in [0.5, 0.6) is 5.75 Å². The number of carboxylic acid groups (broad SMARTS) is 1. The predicted molar refractivity (Wildman–Crippen MR) is 164 cm³/mol. The third-order valence-electron chi connectivity index (χ3n) is 8.83. The zero-order valence-electron chi connectivity index (χ0n) is 25.3. The van der Waals surface area contributed by atoms with E-state index in [4.69, 9.17) is 5.11 Å². The van der Waals surface area contributed by atoms with Crippen LogP contribution in [0.2, 0.25) is 0 Å². The maximum Gasteiger partial charge on any atom is 0.303 e. The number of phenols is 1. The smallest absolute Gasteiger partial charge is 0.303 e. The van der Waals surface area contributed by atoms with Crippen LogP contribution in [0.1, 0.15) is 67.3 Å². The summed E-state index contributed by atoms with van der Waals surface area (Å²) in [7, 11) is 0. The molecule has 1 aliphatic carbocycles. The van der Waals surface area contributed by atoms with Crippen molar-refractivity contribution in [3.05, 3.63) is 70.1 Å². The molecule has 1 aliphatic heterocycles. The van der Waals surface area contributed by atoms with Gasteiger partial charge in [0.2, 0.25) is 11.8 Å². The molecule has 10 nitrogen and oxygen atoms in total. The molecule has 0 spiro atoms. The monoisotopic (exact) mass is 606 g/mol. The fourth-order valence-corrected chi connectivity index (χ4v) is 6.66. The van der Waals surface area contributed by atoms with Crippen LogP contribution < -0.4 is 0 Å². The molecule has 2 heterocycles. The average Bonchev–Trinajstić information content (AvgIpc) is 3.25. The van der Waals surface area contributed by atoms with Gasteiger partial charge in [0.05, 0.1) is 36.8 Å². The number of benzene rings is 1. The molecule has 1 saturated heterocycles. The van der Waals surface area contributed by atoms with Gasteiger partial charge in [0.1, 0.15) is 5.75 Å². The number of amides is 2. The molecule has 2 amide bonds. The number of aromatic nitrogens is 1. The van der Waals surface area contributed by atoms with E-state index < -0.39 is 48.9 Å². The van der Waals surface area contributed by atoms with Crippen molar-refractivity contribution in [3.8, 4) is 5.75 Å². The van der Waals surface area contributed by atoms with Crippen LogP contribution in [0, 0.1) is 31.6 Å². The number of hydrogen-bond acceptors (Lipinski definition) is 8. The second kappa shape index (κ2) is 14.7. The highest BCUT2D eigenvalue weighted by Gasteiger charge is 2.54. The molecule has 236 valence electrons. The molecule has 0 unspecified atom stereocenters. The zero-order valence-corrected chi connectivity index (χ0v) is 25.3. The summed E-state index contributed by atoms with van der Waals surface area (Å²) < 4.78 is 0. The Hall–Kier alpha value is -3.86. The summed E-state index contributed by atoms with van der Waals surface area (Å²) in [5.41, 5.74) is 4.79. The topological polar surface area (TPSA) is 168 Å². The highest BCUT2D eigenvalue weighted by molar-refractivity contribution is 6.05. The first-order valence-electron chi connectivity index (χ1n) is 15.2. The summed E-state index contributed by atoms with van der Waals surface area (Å²) in [6.07, 6.45) is 4.81. The van der Waals surface area contributed by atoms with Crippen molar-refractivity contribution in [1.82, 2.24) is 9.88 Å². The zero-order chi connectivity index (χ0) is 32.0. The van der Waals surface area contributed by atoms with Gasteiger partial charge in [0.25, 0.3) is 0 Å². The molecular weight excluding hydrogens is 564 g/mol. The van der Waals surface area contributed by atoms with Crippen molar-refractivity contribution < 1.29 is 39.9 Å². The number of likely N-dealkylation sites (tertiary alicyclic amines) is 1. The minimum atomic E-state index is -1.08. The second-order valence-corrected chi connectivity index (χ2v) is 11.8. The minimum Gasteiger partial charge on any atom is -0.507 e. The van der Waals surface area contributed by atoms with Crippen molar-refractivity contribution in [2.75, 3.05) is 19.8 Å². The first-order valence-corrected chi connectivity index (χ1v) is 15.2. The van der Waals surface area contributed by atoms with Crippen molar-refractivity contribution in [1.29, 1.82) is 0 Å². The van der Waals surface area contributed by atoms with Crippen LogP contribution in [0.15, 0.2) is 47.7 Å². The Morgan fingerprint density at radius 1 is 1.07 bits per heavy atom. The Balaban J connectivity index is 1.55. The number of unbranched alkanes of at least 4 members (excludes halogenated alkanes) is 2. The first kappa shape index (κ1) is 33.0. The second-order valence-electron chi connectivity index (χ2n) is 11.8. The quantitative estimate of drug-likeness (QED) is 0.122. The molecule has 5 N–H and O–H groups in total. The Kier molecular flexibility index (Phi) is 11.1. The third-order valence-corrected chi connectivity index (χ3v) is 8.83. The van der Waals surface area contributed by atoms with E-state index in [1.807, 2.05) is 50.3 Å². The van der Waals surface area contributed by atoms with E-state index in [-0.39, 0.29) is 37.5 Å². The van der Waals surface area contributed by atoms with E-state index in [1.165, 1.54) is 4.90 Å². The minimum absolute atomic E-state index is 0.0240. The molecular formula is C34H42N2O8. The lowest BCUT2D eigenvalue weighted by Crippen LogP contribution is -2.39. The number of aliphatic hydroxyl groups excluding tert-OH is 3. The molecule has 10 heteroatoms. The number of carboxylic acids is 1. The highest BCUT2D eigenvalue weighted by atomic mass is 16.4. The van der Waals surface area contributed by atoms with Gasteiger partial charge < -0.3 is 25.5 Å². The van der Waals surface area contributed by atoms with Gasteiger partial charge >= 0.3 is 5.97 Å². The fraction of sp³-hybridized carbons (Fsp3) is 0.471. The number of allylic oxidation sites excluding steroid dienone is 1. The van der Waals surface area contributed by atoms with E-state index in [9.17, 15) is 34.8 Å². The molecule has 0 bridgehead atoms. The summed E-state index contributed by atoms with van der Waals surface area (Å²) in [5.74, 6) is -3.77. The van der Waals surface area contributed by atoms with Crippen LogP contribution in [0.25, 0.3) is 11.6 Å². The lowest BCUT2D eigenvalue weighted by molar-refractivity contribution is -0.141. The van der Waals surface area contributed by atoms with E-state index >= 15 is 0 Å². The molecule has 44 heavy (non-hydrogen) atoms. The summed E-state index contributed by atoms with van der Waals surface area (Å²) in [4.78, 5) is 43.2. The van der Waals surface area contributed by atoms with Crippen LogP contribution in [0.4, 0.5) is 0 Å². The number of carbonyl (C=O) groups is 3. The number of hydrogen-bond donors (Lipinski definition) is 5. The number of imide groups is 1. The summed E-state index contributed by atoms with van der Waals surface area (Å²) in [6.45, 7) is 2.96. The van der Waals surface area contributed by atoms with Crippen LogP contribution in [-0.4, -0.2) is 79.1 Å². The van der Waals surface area contributed by atoms with E-state index in [1.54, 1.807) is 6.20 Å². The number of aromatic hydroxyl groups is 1. The van der Waals surface area contributed by atoms with Gasteiger partial charge in [0.15, 0.2) is 0 Å². The van der Waals surface area contributed by atoms with Gasteiger partial charge in [-0.2, -0.15) is 0 Å². The van der Waals surface area contributed by atoms with Crippen LogP contribution in [-0.2, 0) is 14.4 Å². The molecule has 0 saturated carbocycles. The van der Waals surface area contributed by atoms with Gasteiger partial charge in [-0.25, -0.2) is 0 Å². The van der Waals surface area contributed by atoms with Gasteiger partial charge in [0, 0.05) is 25.1 Å². The Bertz CT molecular complexity index is 1410. The van der Waals surface area contributed by atoms with Crippen molar-refractivity contribution in [2.45, 2.75) is 64.9 Å². The summed E-state index contributed by atoms with van der Waals surface area (Å²) in [5, 5.41) is 51.3. The molecule has 1 fully saturated rings. The fourth-order valence-electron chi connectivity index (χ4n) is 6.66. The lowest BCUT2D eigenvalue weighted by atomic mass is 9.68. The van der Waals surface area contributed by atoms with Crippen LogP contribution >= 0.6 is 0 Å². The van der Waals surface area contributed by atoms with Crippen molar-refractivity contribution in [3.63, 3.8) is 0 Å². The number of carbonyl (C=O) groups excluding carboxylic acids is 2. The normalized spacial score (nSPS) is 21.2. The molecule has 2 aromatic rings. The van der Waals surface area contributed by atoms with Gasteiger partial charge in [-0.05, 0) is 110 Å². The van der Waals surface area contributed by atoms with E-state index in [2.05, 4.69) is 4.98 Å². The number of rotatable bonds is 14. The van der Waals surface area contributed by atoms with E-state index in [0.717, 1.165) is 28.0 Å². The van der Waals surface area contributed by atoms with E-state index in [0.29, 0.717) is 36.8 Å². The number of aliphatic carboxylic acids is 1. The number of fused-ring (bicyclic) bond motifs is 1. The van der Waals surface area contributed by atoms with Crippen molar-refractivity contribution in [2.24, 2.45) is 17.8 Å². The Morgan fingerprint density at radius 3 is 2.41 bits per heavy atom. The molecule has 1 aromatic carbocycles. The summed E-state index contributed by atoms with van der Waals surface area (Å²) >= 11 is 0. The number of aryl methyl sites for hydroxylation is 2. The first-order chi connectivity index (χ1) is 21.1. The highest BCUT2D eigenvalue weighted by Crippen LogP contribution is 2.46. The molecule has 2 aliphatic rings. The number of phenolic OH excluding ortho intramolecular Hbond substituents is 1. The maximum absolute atomic E-state index is 13.5. The SMILES string of the molecule is Cc1cc(/C=C(/CC[C@@H](O)C2=C(CO)C[C@H]3C(=O)N(CCCCCC(=O)O)C(=O)[C@H]3[C@H]2CO)c2ccccn2)cc(C)c1O. The Labute approximate surface area is 257 Å². The van der Waals surface area contributed by atoms with Crippen molar-refractivity contribution >= 4 is 29.4 Å². The predicted octanol–water partition coefficient (Wildman–Crippen LogP) is 3.63. The van der Waals surface area contributed by atoms with Gasteiger partial charge in [-0.3, -0.25) is 24.3 Å². The molecule has 4 rings (SSSR count). The average molecular weight is 607 g/mol. The lowest BCUT2D eigenvalue weighted by Gasteiger charge is -2.36. The Morgan fingerprint density at radius 2 is 1.80 bits per heavy atom. The molecule has 4 atom stereocenters. The summed E-state index contributed by atoms with van der Waals surface area (Å²) in [6, 6.07) is 9.30. The number of pyridine rings is 1. The third kappa shape index (κ3) is 7.26. The largest absolute Gasteiger partial charge is 0.507 e. The molecule has 1 aromatic heterocycles.